The first-order valence-electron chi connectivity index (χ1n) is 8.10. The number of carbonyl (C=O) groups excluding carboxylic acids is 1. The highest BCUT2D eigenvalue weighted by atomic mass is 35.5. The Morgan fingerprint density at radius 2 is 2.00 bits per heavy atom. The fourth-order valence-electron chi connectivity index (χ4n) is 2.55. The highest BCUT2D eigenvalue weighted by molar-refractivity contribution is 7.89. The monoisotopic (exact) mass is 411 g/mol. The van der Waals surface area contributed by atoms with Crippen LogP contribution in [0.25, 0.3) is 0 Å². The second kappa shape index (κ2) is 8.22. The average Bonchev–Trinajstić information content (AvgIpc) is 2.69. The Labute approximate surface area is 162 Å². The van der Waals surface area contributed by atoms with Gasteiger partial charge >= 0.3 is 0 Å². The molecule has 1 aliphatic heterocycles. The van der Waals surface area contributed by atoms with Crippen molar-refractivity contribution in [3.8, 4) is 5.88 Å². The summed E-state index contributed by atoms with van der Waals surface area (Å²) >= 11 is 6.11. The number of nitrogens with zero attached hydrogens (tertiary/aromatic N) is 2. The number of morpholine rings is 1. The largest absolute Gasteiger partial charge is 0.481 e. The van der Waals surface area contributed by atoms with E-state index in [-0.39, 0.29) is 28.6 Å². The summed E-state index contributed by atoms with van der Waals surface area (Å²) in [6.07, 6.45) is 1.44. The van der Waals surface area contributed by atoms with Gasteiger partial charge in [0.1, 0.15) is 4.90 Å². The van der Waals surface area contributed by atoms with Crippen LogP contribution < -0.4 is 10.1 Å². The molecule has 1 N–H and O–H groups in total. The average molecular weight is 412 g/mol. The molecule has 0 spiro atoms. The molecule has 0 bridgehead atoms. The van der Waals surface area contributed by atoms with Crippen LogP contribution in [-0.4, -0.2) is 57.0 Å². The van der Waals surface area contributed by atoms with Gasteiger partial charge in [-0.05, 0) is 24.3 Å². The normalized spacial score (nSPS) is 15.3. The van der Waals surface area contributed by atoms with Gasteiger partial charge < -0.3 is 14.8 Å². The lowest BCUT2D eigenvalue weighted by molar-refractivity contribution is 0.0730. The lowest BCUT2D eigenvalue weighted by Crippen LogP contribution is -2.40. The number of benzene rings is 1. The molecule has 0 aliphatic carbocycles. The lowest BCUT2D eigenvalue weighted by atomic mass is 10.2. The molecular formula is C17H18ClN3O5S. The second-order valence-electron chi connectivity index (χ2n) is 5.71. The second-order valence-corrected chi connectivity index (χ2v) is 8.02. The fraction of sp³-hybridized carbons (Fsp3) is 0.294. The van der Waals surface area contributed by atoms with Gasteiger partial charge in [0.2, 0.25) is 15.9 Å². The van der Waals surface area contributed by atoms with Gasteiger partial charge in [0.05, 0.1) is 37.2 Å². The van der Waals surface area contributed by atoms with E-state index in [4.69, 9.17) is 21.1 Å². The van der Waals surface area contributed by atoms with Crippen molar-refractivity contribution < 1.29 is 22.7 Å². The zero-order valence-electron chi connectivity index (χ0n) is 14.5. The van der Waals surface area contributed by atoms with Crippen molar-refractivity contribution in [2.24, 2.45) is 0 Å². The standard InChI is InChI=1S/C17H18ClN3O5S/c1-25-16-5-3-13(11-19-16)20-17(22)12-2-4-14(18)15(10-12)27(23,24)21-6-8-26-9-7-21/h2-5,10-11H,6-9H2,1H3,(H,20,22). The van der Waals surface area contributed by atoms with Crippen LogP contribution in [0, 0.1) is 0 Å². The van der Waals surface area contributed by atoms with Gasteiger partial charge in [0, 0.05) is 24.7 Å². The molecule has 1 aromatic heterocycles. The Bertz CT molecular complexity index is 928. The predicted octanol–water partition coefficient (Wildman–Crippen LogP) is 2.02. The van der Waals surface area contributed by atoms with E-state index in [9.17, 15) is 13.2 Å². The van der Waals surface area contributed by atoms with Crippen molar-refractivity contribution in [1.82, 2.24) is 9.29 Å². The van der Waals surface area contributed by atoms with Gasteiger partial charge in [-0.3, -0.25) is 4.79 Å². The van der Waals surface area contributed by atoms with Crippen LogP contribution in [0.5, 0.6) is 5.88 Å². The third-order valence-corrected chi connectivity index (χ3v) is 6.36. The van der Waals surface area contributed by atoms with Crippen molar-refractivity contribution in [2.75, 3.05) is 38.7 Å². The van der Waals surface area contributed by atoms with Crippen molar-refractivity contribution in [2.45, 2.75) is 4.90 Å². The summed E-state index contributed by atoms with van der Waals surface area (Å²) in [5, 5.41) is 2.72. The van der Waals surface area contributed by atoms with Gasteiger partial charge in [-0.1, -0.05) is 11.6 Å². The van der Waals surface area contributed by atoms with Crippen molar-refractivity contribution in [3.05, 3.63) is 47.1 Å². The SMILES string of the molecule is COc1ccc(NC(=O)c2ccc(Cl)c(S(=O)(=O)N3CCOCC3)c2)cn1. The van der Waals surface area contributed by atoms with E-state index in [0.29, 0.717) is 24.8 Å². The maximum atomic E-state index is 12.8. The Morgan fingerprint density at radius 3 is 2.63 bits per heavy atom. The van der Waals surface area contributed by atoms with Crippen LogP contribution in [-0.2, 0) is 14.8 Å². The number of aromatic nitrogens is 1. The molecular weight excluding hydrogens is 394 g/mol. The minimum absolute atomic E-state index is 0.0594. The molecule has 2 aromatic rings. The summed E-state index contributed by atoms with van der Waals surface area (Å²) in [5.41, 5.74) is 0.621. The molecule has 1 fully saturated rings. The number of anilines is 1. The highest BCUT2D eigenvalue weighted by Gasteiger charge is 2.29. The summed E-state index contributed by atoms with van der Waals surface area (Å²) < 4.78 is 37.1. The van der Waals surface area contributed by atoms with E-state index in [1.54, 1.807) is 12.1 Å². The van der Waals surface area contributed by atoms with Crippen molar-refractivity contribution >= 4 is 33.2 Å². The minimum Gasteiger partial charge on any atom is -0.481 e. The van der Waals surface area contributed by atoms with Crippen LogP contribution in [0.1, 0.15) is 10.4 Å². The summed E-state index contributed by atoms with van der Waals surface area (Å²) in [6, 6.07) is 7.37. The highest BCUT2D eigenvalue weighted by Crippen LogP contribution is 2.27. The first-order valence-corrected chi connectivity index (χ1v) is 9.92. The van der Waals surface area contributed by atoms with Gasteiger partial charge in [0.15, 0.2) is 0 Å². The van der Waals surface area contributed by atoms with E-state index in [1.807, 2.05) is 0 Å². The molecule has 8 nitrogen and oxygen atoms in total. The number of ether oxygens (including phenoxy) is 2. The number of sulfonamides is 1. The van der Waals surface area contributed by atoms with E-state index in [2.05, 4.69) is 10.3 Å². The molecule has 0 unspecified atom stereocenters. The van der Waals surface area contributed by atoms with Crippen LogP contribution in [0.3, 0.4) is 0 Å². The summed E-state index contributed by atoms with van der Waals surface area (Å²) in [7, 11) is -2.33. The quantitative estimate of drug-likeness (QED) is 0.808. The van der Waals surface area contributed by atoms with Gasteiger partial charge in [-0.2, -0.15) is 4.31 Å². The fourth-order valence-corrected chi connectivity index (χ4v) is 4.45. The molecule has 27 heavy (non-hydrogen) atoms. The van der Waals surface area contributed by atoms with Crippen LogP contribution in [0.2, 0.25) is 5.02 Å². The van der Waals surface area contributed by atoms with Crippen molar-refractivity contribution in [1.29, 1.82) is 0 Å². The van der Waals surface area contributed by atoms with Crippen molar-refractivity contribution in [3.63, 3.8) is 0 Å². The van der Waals surface area contributed by atoms with Crippen LogP contribution in [0.15, 0.2) is 41.4 Å². The molecule has 0 radical (unpaired) electrons. The number of amides is 1. The summed E-state index contributed by atoms with van der Waals surface area (Å²) in [4.78, 5) is 16.4. The number of pyridine rings is 1. The molecule has 10 heteroatoms. The molecule has 1 saturated heterocycles. The number of carbonyl (C=O) groups is 1. The molecule has 144 valence electrons. The molecule has 0 saturated carbocycles. The summed E-state index contributed by atoms with van der Waals surface area (Å²) in [6.45, 7) is 1.13. The third-order valence-electron chi connectivity index (χ3n) is 3.98. The molecule has 1 aromatic carbocycles. The van der Waals surface area contributed by atoms with E-state index >= 15 is 0 Å². The van der Waals surface area contributed by atoms with Gasteiger partial charge in [0.25, 0.3) is 5.91 Å². The Hall–Kier alpha value is -2.20. The first-order chi connectivity index (χ1) is 12.9. The van der Waals surface area contributed by atoms with Crippen LogP contribution in [0.4, 0.5) is 5.69 Å². The predicted molar refractivity (Wildman–Crippen MR) is 99.8 cm³/mol. The smallest absolute Gasteiger partial charge is 0.255 e. The van der Waals surface area contributed by atoms with Crippen LogP contribution >= 0.6 is 11.6 Å². The summed E-state index contributed by atoms with van der Waals surface area (Å²) in [5.74, 6) is -0.0598. The number of halogens is 1. The zero-order valence-corrected chi connectivity index (χ0v) is 16.1. The molecule has 1 aliphatic rings. The molecule has 1 amide bonds. The number of hydrogen-bond donors (Lipinski definition) is 1. The first kappa shape index (κ1) is 19.6. The zero-order chi connectivity index (χ0) is 19.4. The Morgan fingerprint density at radius 1 is 1.26 bits per heavy atom. The lowest BCUT2D eigenvalue weighted by Gasteiger charge is -2.26. The third kappa shape index (κ3) is 4.38. The molecule has 3 rings (SSSR count). The Kier molecular flexibility index (Phi) is 5.95. The topological polar surface area (TPSA) is 97.8 Å². The van der Waals surface area contributed by atoms with Gasteiger partial charge in [-0.15, -0.1) is 0 Å². The molecule has 0 atom stereocenters. The van der Waals surface area contributed by atoms with E-state index in [0.717, 1.165) is 0 Å². The Balaban J connectivity index is 1.84. The number of hydrogen-bond acceptors (Lipinski definition) is 6. The number of methoxy groups -OCH3 is 1. The van der Waals surface area contributed by atoms with E-state index in [1.165, 1.54) is 35.8 Å². The minimum atomic E-state index is -3.82. The maximum Gasteiger partial charge on any atom is 0.255 e. The van der Waals surface area contributed by atoms with E-state index < -0.39 is 15.9 Å². The van der Waals surface area contributed by atoms with Gasteiger partial charge in [-0.25, -0.2) is 13.4 Å². The number of rotatable bonds is 5. The number of nitrogens with one attached hydrogen (secondary N) is 1. The molecule has 2 heterocycles. The maximum absolute atomic E-state index is 12.8.